The maximum Gasteiger partial charge on any atom is 0.272 e. The van der Waals surface area contributed by atoms with Crippen molar-refractivity contribution in [3.05, 3.63) is 59.5 Å². The molecule has 1 amide bonds. The Morgan fingerprint density at radius 2 is 2.23 bits per heavy atom. The van der Waals surface area contributed by atoms with Crippen molar-refractivity contribution in [2.75, 3.05) is 7.11 Å². The Hall–Kier alpha value is -2.89. The molecule has 0 atom stereocenters. The van der Waals surface area contributed by atoms with Crippen LogP contribution in [0.15, 0.2) is 42.7 Å². The van der Waals surface area contributed by atoms with Crippen LogP contribution in [0.25, 0.3) is 5.65 Å². The van der Waals surface area contributed by atoms with E-state index >= 15 is 0 Å². The first-order valence-electron chi connectivity index (χ1n) is 6.89. The topological polar surface area (TPSA) is 68.5 Å². The fourth-order valence-corrected chi connectivity index (χ4v) is 2.14. The molecule has 0 aliphatic carbocycles. The van der Waals surface area contributed by atoms with Crippen LogP contribution in [0, 0.1) is 6.92 Å². The number of benzene rings is 1. The molecule has 112 valence electrons. The van der Waals surface area contributed by atoms with Gasteiger partial charge in [0.2, 0.25) is 0 Å². The summed E-state index contributed by atoms with van der Waals surface area (Å²) < 4.78 is 6.77. The lowest BCUT2D eigenvalue weighted by Gasteiger charge is -2.05. The van der Waals surface area contributed by atoms with Crippen LogP contribution in [0.2, 0.25) is 0 Å². The van der Waals surface area contributed by atoms with Gasteiger partial charge in [-0.1, -0.05) is 12.1 Å². The molecule has 3 rings (SSSR count). The van der Waals surface area contributed by atoms with E-state index < -0.39 is 0 Å². The van der Waals surface area contributed by atoms with E-state index in [9.17, 15) is 4.79 Å². The van der Waals surface area contributed by atoms with Crippen molar-refractivity contribution >= 4 is 11.6 Å². The molecule has 0 saturated carbocycles. The number of ether oxygens (including phenoxy) is 1. The average molecular weight is 296 g/mol. The number of carbonyl (C=O) groups excluding carboxylic acids is 1. The SMILES string of the molecule is COc1cccc(CNC(=O)c2cc3ncc(C)cn3n2)c1. The minimum absolute atomic E-state index is 0.231. The first kappa shape index (κ1) is 14.1. The third-order valence-electron chi connectivity index (χ3n) is 3.26. The smallest absolute Gasteiger partial charge is 0.272 e. The Kier molecular flexibility index (Phi) is 3.74. The molecular formula is C16H16N4O2. The van der Waals surface area contributed by atoms with Crippen molar-refractivity contribution in [2.24, 2.45) is 0 Å². The van der Waals surface area contributed by atoms with Crippen LogP contribution in [0.1, 0.15) is 21.6 Å². The summed E-state index contributed by atoms with van der Waals surface area (Å²) in [6, 6.07) is 9.23. The Bertz CT molecular complexity index is 826. The highest BCUT2D eigenvalue weighted by Gasteiger charge is 2.11. The number of hydrogen-bond acceptors (Lipinski definition) is 4. The minimum Gasteiger partial charge on any atom is -0.497 e. The molecule has 0 saturated heterocycles. The van der Waals surface area contributed by atoms with E-state index in [0.29, 0.717) is 17.9 Å². The van der Waals surface area contributed by atoms with Gasteiger partial charge in [0.25, 0.3) is 5.91 Å². The largest absolute Gasteiger partial charge is 0.497 e. The van der Waals surface area contributed by atoms with Gasteiger partial charge in [-0.15, -0.1) is 0 Å². The maximum absolute atomic E-state index is 12.2. The van der Waals surface area contributed by atoms with Gasteiger partial charge in [-0.2, -0.15) is 5.10 Å². The second kappa shape index (κ2) is 5.85. The van der Waals surface area contributed by atoms with Gasteiger partial charge in [0.05, 0.1) is 7.11 Å². The normalized spacial score (nSPS) is 10.6. The van der Waals surface area contributed by atoms with E-state index in [1.54, 1.807) is 23.9 Å². The predicted octanol–water partition coefficient (Wildman–Crippen LogP) is 1.98. The number of methoxy groups -OCH3 is 1. The summed E-state index contributed by atoms with van der Waals surface area (Å²) in [6.07, 6.45) is 3.58. The van der Waals surface area contributed by atoms with Crippen LogP contribution in [-0.4, -0.2) is 27.6 Å². The zero-order chi connectivity index (χ0) is 15.5. The molecule has 2 heterocycles. The molecule has 0 unspecified atom stereocenters. The Morgan fingerprint density at radius 3 is 3.05 bits per heavy atom. The van der Waals surface area contributed by atoms with E-state index in [-0.39, 0.29) is 5.91 Å². The number of nitrogens with one attached hydrogen (secondary N) is 1. The number of amides is 1. The number of rotatable bonds is 4. The van der Waals surface area contributed by atoms with E-state index in [1.807, 2.05) is 37.4 Å². The number of aromatic nitrogens is 3. The monoisotopic (exact) mass is 296 g/mol. The highest BCUT2D eigenvalue weighted by molar-refractivity contribution is 5.93. The second-order valence-electron chi connectivity index (χ2n) is 5.00. The van der Waals surface area contributed by atoms with E-state index in [0.717, 1.165) is 16.9 Å². The fraction of sp³-hybridized carbons (Fsp3) is 0.188. The van der Waals surface area contributed by atoms with Crippen LogP contribution in [0.5, 0.6) is 5.75 Å². The molecule has 0 bridgehead atoms. The van der Waals surface area contributed by atoms with Gasteiger partial charge in [-0.25, -0.2) is 9.50 Å². The van der Waals surface area contributed by atoms with Gasteiger partial charge in [0, 0.05) is 25.0 Å². The Labute approximate surface area is 127 Å². The van der Waals surface area contributed by atoms with Crippen LogP contribution in [-0.2, 0) is 6.54 Å². The van der Waals surface area contributed by atoms with Crippen LogP contribution >= 0.6 is 0 Å². The summed E-state index contributed by atoms with van der Waals surface area (Å²) >= 11 is 0. The van der Waals surface area contributed by atoms with E-state index in [2.05, 4.69) is 15.4 Å². The summed E-state index contributed by atoms with van der Waals surface area (Å²) in [4.78, 5) is 16.4. The zero-order valence-electron chi connectivity index (χ0n) is 12.4. The molecule has 0 aliphatic heterocycles. The molecule has 22 heavy (non-hydrogen) atoms. The number of aryl methyl sites for hydroxylation is 1. The highest BCUT2D eigenvalue weighted by atomic mass is 16.5. The molecule has 2 aromatic heterocycles. The van der Waals surface area contributed by atoms with Crippen molar-refractivity contribution in [3.63, 3.8) is 0 Å². The zero-order valence-corrected chi connectivity index (χ0v) is 12.4. The predicted molar refractivity (Wildman–Crippen MR) is 81.9 cm³/mol. The van der Waals surface area contributed by atoms with Crippen molar-refractivity contribution in [1.29, 1.82) is 0 Å². The standard InChI is InChI=1S/C16H16N4O2/c1-11-8-17-15-7-14(19-20(15)10-11)16(21)18-9-12-4-3-5-13(6-12)22-2/h3-8,10H,9H2,1-2H3,(H,18,21). The quantitative estimate of drug-likeness (QED) is 0.799. The second-order valence-corrected chi connectivity index (χ2v) is 5.00. The highest BCUT2D eigenvalue weighted by Crippen LogP contribution is 2.12. The number of carbonyl (C=O) groups is 1. The van der Waals surface area contributed by atoms with Crippen LogP contribution in [0.4, 0.5) is 0 Å². The molecule has 6 heteroatoms. The molecular weight excluding hydrogens is 280 g/mol. The Balaban J connectivity index is 1.72. The third kappa shape index (κ3) is 2.90. The number of fused-ring (bicyclic) bond motifs is 1. The first-order chi connectivity index (χ1) is 10.7. The molecule has 0 fully saturated rings. The number of nitrogens with zero attached hydrogens (tertiary/aromatic N) is 3. The molecule has 3 aromatic rings. The van der Waals surface area contributed by atoms with Gasteiger partial charge in [-0.05, 0) is 30.2 Å². The van der Waals surface area contributed by atoms with Crippen LogP contribution in [0.3, 0.4) is 0 Å². The summed E-state index contributed by atoms with van der Waals surface area (Å²) in [7, 11) is 1.61. The van der Waals surface area contributed by atoms with Crippen LogP contribution < -0.4 is 10.1 Å². The van der Waals surface area contributed by atoms with Gasteiger partial charge in [0.15, 0.2) is 11.3 Å². The Morgan fingerprint density at radius 1 is 1.36 bits per heavy atom. The van der Waals surface area contributed by atoms with Crippen molar-refractivity contribution in [2.45, 2.75) is 13.5 Å². The van der Waals surface area contributed by atoms with E-state index in [1.165, 1.54) is 0 Å². The van der Waals surface area contributed by atoms with Crippen molar-refractivity contribution in [3.8, 4) is 5.75 Å². The molecule has 1 aromatic carbocycles. The third-order valence-corrected chi connectivity index (χ3v) is 3.26. The first-order valence-corrected chi connectivity index (χ1v) is 6.89. The lowest BCUT2D eigenvalue weighted by molar-refractivity contribution is 0.0945. The number of hydrogen-bond donors (Lipinski definition) is 1. The van der Waals surface area contributed by atoms with E-state index in [4.69, 9.17) is 4.74 Å². The van der Waals surface area contributed by atoms with Crippen molar-refractivity contribution in [1.82, 2.24) is 19.9 Å². The molecule has 0 radical (unpaired) electrons. The van der Waals surface area contributed by atoms with Gasteiger partial charge in [-0.3, -0.25) is 4.79 Å². The summed E-state index contributed by atoms with van der Waals surface area (Å²) in [5, 5.41) is 7.08. The molecule has 1 N–H and O–H groups in total. The lowest BCUT2D eigenvalue weighted by Crippen LogP contribution is -2.23. The molecule has 0 spiro atoms. The van der Waals surface area contributed by atoms with Crippen molar-refractivity contribution < 1.29 is 9.53 Å². The van der Waals surface area contributed by atoms with Gasteiger partial charge >= 0.3 is 0 Å². The summed E-state index contributed by atoms with van der Waals surface area (Å²) in [6.45, 7) is 2.34. The summed E-state index contributed by atoms with van der Waals surface area (Å²) in [5.41, 5.74) is 2.95. The lowest BCUT2D eigenvalue weighted by atomic mass is 10.2. The molecule has 0 aliphatic rings. The fourth-order valence-electron chi connectivity index (χ4n) is 2.14. The van der Waals surface area contributed by atoms with Gasteiger partial charge in [0.1, 0.15) is 5.75 Å². The molecule has 6 nitrogen and oxygen atoms in total. The minimum atomic E-state index is -0.231. The maximum atomic E-state index is 12.2. The average Bonchev–Trinajstić information content (AvgIpc) is 2.96. The summed E-state index contributed by atoms with van der Waals surface area (Å²) in [5.74, 6) is 0.533. The van der Waals surface area contributed by atoms with Gasteiger partial charge < -0.3 is 10.1 Å².